The zero-order valence-electron chi connectivity index (χ0n) is 17.1. The Kier molecular flexibility index (Phi) is 5.90. The van der Waals surface area contributed by atoms with Crippen LogP contribution in [0, 0.1) is 5.92 Å². The minimum Gasteiger partial charge on any atom is -0.479 e. The first-order chi connectivity index (χ1) is 15.0. The van der Waals surface area contributed by atoms with Crippen molar-refractivity contribution in [3.05, 3.63) is 59.7 Å². The van der Waals surface area contributed by atoms with E-state index in [1.54, 1.807) is 0 Å². The van der Waals surface area contributed by atoms with Crippen molar-refractivity contribution in [1.82, 2.24) is 10.4 Å². The molecule has 0 aliphatic heterocycles. The van der Waals surface area contributed by atoms with Gasteiger partial charge in [0, 0.05) is 13.0 Å². The third-order valence-electron chi connectivity index (χ3n) is 5.67. The number of carboxylic acid groups (broad SMARTS) is 1. The number of nitrogens with one attached hydrogen (secondary N) is 1. The molecule has 0 saturated heterocycles. The molecule has 0 bridgehead atoms. The minimum atomic E-state index is -1.19. The molecular formula is C23H24N2O6. The fraction of sp³-hybridized carbons (Fsp3) is 0.348. The molecule has 2 N–H and O–H groups in total. The van der Waals surface area contributed by atoms with Crippen LogP contribution in [-0.4, -0.2) is 54.4 Å². The van der Waals surface area contributed by atoms with Crippen molar-refractivity contribution in [3.8, 4) is 11.1 Å². The van der Waals surface area contributed by atoms with Gasteiger partial charge in [0.15, 0.2) is 6.61 Å². The molecule has 8 heteroatoms. The smallest absolute Gasteiger partial charge is 0.407 e. The van der Waals surface area contributed by atoms with Crippen molar-refractivity contribution in [3.63, 3.8) is 0 Å². The quantitative estimate of drug-likeness (QED) is 0.632. The standard InChI is InChI=1S/C23H24N2O6/c1-25(31-13-20(26)27)22(28)21(14-10-11-14)24-23(29)30-12-19-17-8-4-2-6-15(17)16-7-3-5-9-18(16)19/h2-9,14,19,21H,10-13H2,1H3,(H,24,29)(H,26,27). The zero-order chi connectivity index (χ0) is 22.0. The molecule has 2 aromatic rings. The molecule has 2 aliphatic rings. The highest BCUT2D eigenvalue weighted by Gasteiger charge is 2.40. The van der Waals surface area contributed by atoms with Crippen LogP contribution in [-0.2, 0) is 19.2 Å². The molecule has 2 amide bonds. The Morgan fingerprint density at radius 2 is 1.65 bits per heavy atom. The van der Waals surface area contributed by atoms with E-state index in [2.05, 4.69) is 17.4 Å². The topological polar surface area (TPSA) is 105 Å². The fourth-order valence-electron chi connectivity index (χ4n) is 3.99. The normalized spacial score (nSPS) is 15.5. The maximum atomic E-state index is 12.6. The van der Waals surface area contributed by atoms with Gasteiger partial charge in [-0.3, -0.25) is 9.63 Å². The average Bonchev–Trinajstić information content (AvgIpc) is 3.56. The number of carbonyl (C=O) groups is 3. The Hall–Kier alpha value is -3.39. The van der Waals surface area contributed by atoms with E-state index in [4.69, 9.17) is 14.7 Å². The Labute approximate surface area is 179 Å². The zero-order valence-corrected chi connectivity index (χ0v) is 17.1. The van der Waals surface area contributed by atoms with Crippen molar-refractivity contribution in [2.75, 3.05) is 20.3 Å². The van der Waals surface area contributed by atoms with Crippen LogP contribution >= 0.6 is 0 Å². The lowest BCUT2D eigenvalue weighted by molar-refractivity contribution is -0.187. The number of carbonyl (C=O) groups excluding carboxylic acids is 2. The molecule has 2 aliphatic carbocycles. The third kappa shape index (κ3) is 4.54. The summed E-state index contributed by atoms with van der Waals surface area (Å²) in [5.41, 5.74) is 4.48. The van der Waals surface area contributed by atoms with Crippen molar-refractivity contribution < 1.29 is 29.1 Å². The summed E-state index contributed by atoms with van der Waals surface area (Å²) < 4.78 is 5.52. The van der Waals surface area contributed by atoms with E-state index < -0.39 is 30.6 Å². The molecule has 1 unspecified atom stereocenters. The van der Waals surface area contributed by atoms with Gasteiger partial charge in [0.25, 0.3) is 5.91 Å². The molecule has 162 valence electrons. The first kappa shape index (κ1) is 20.9. The predicted molar refractivity (Wildman–Crippen MR) is 111 cm³/mol. The molecular weight excluding hydrogens is 400 g/mol. The number of alkyl carbamates (subject to hydrolysis) is 1. The van der Waals surface area contributed by atoms with Gasteiger partial charge in [-0.25, -0.2) is 14.7 Å². The Balaban J connectivity index is 1.39. The van der Waals surface area contributed by atoms with Gasteiger partial charge >= 0.3 is 12.1 Å². The lowest BCUT2D eigenvalue weighted by atomic mass is 9.98. The van der Waals surface area contributed by atoms with Gasteiger partial charge in [-0.2, -0.15) is 0 Å². The van der Waals surface area contributed by atoms with Gasteiger partial charge in [-0.05, 0) is 41.0 Å². The fourth-order valence-corrected chi connectivity index (χ4v) is 3.99. The number of amides is 2. The summed E-state index contributed by atoms with van der Waals surface area (Å²) in [5.74, 6) is -1.77. The SMILES string of the molecule is CN(OCC(=O)O)C(=O)C(NC(=O)OCC1c2ccccc2-c2ccccc21)C1CC1. The summed E-state index contributed by atoms with van der Waals surface area (Å²) in [5, 5.41) is 12.2. The number of carboxylic acids is 1. The Morgan fingerprint density at radius 3 is 2.19 bits per heavy atom. The maximum Gasteiger partial charge on any atom is 0.407 e. The molecule has 0 radical (unpaired) electrons. The first-order valence-electron chi connectivity index (χ1n) is 10.2. The number of benzene rings is 2. The Morgan fingerprint density at radius 1 is 1.06 bits per heavy atom. The highest BCUT2D eigenvalue weighted by atomic mass is 16.7. The van der Waals surface area contributed by atoms with Crippen molar-refractivity contribution in [1.29, 1.82) is 0 Å². The van der Waals surface area contributed by atoms with Crippen molar-refractivity contribution >= 4 is 18.0 Å². The second-order valence-electron chi connectivity index (χ2n) is 7.79. The van der Waals surface area contributed by atoms with Crippen LogP contribution in [0.2, 0.25) is 0 Å². The van der Waals surface area contributed by atoms with Gasteiger partial charge in [-0.1, -0.05) is 48.5 Å². The highest BCUT2D eigenvalue weighted by Crippen LogP contribution is 2.44. The number of ether oxygens (including phenoxy) is 1. The number of hydrogen-bond acceptors (Lipinski definition) is 5. The lowest BCUT2D eigenvalue weighted by Gasteiger charge is -2.23. The summed E-state index contributed by atoms with van der Waals surface area (Å²) in [6, 6.07) is 15.3. The number of rotatable bonds is 8. The summed E-state index contributed by atoms with van der Waals surface area (Å²) in [7, 11) is 1.33. The second kappa shape index (κ2) is 8.77. The number of fused-ring (bicyclic) bond motifs is 3. The molecule has 0 aromatic heterocycles. The number of likely N-dealkylation sites (N-methyl/N-ethyl adjacent to an activating group) is 1. The molecule has 8 nitrogen and oxygen atoms in total. The van der Waals surface area contributed by atoms with E-state index in [1.807, 2.05) is 36.4 Å². The molecule has 2 aromatic carbocycles. The molecule has 1 atom stereocenters. The molecule has 31 heavy (non-hydrogen) atoms. The third-order valence-corrected chi connectivity index (χ3v) is 5.67. The van der Waals surface area contributed by atoms with E-state index in [1.165, 1.54) is 7.05 Å². The number of hydrogen-bond donors (Lipinski definition) is 2. The van der Waals surface area contributed by atoms with Crippen LogP contribution in [0.5, 0.6) is 0 Å². The molecule has 0 heterocycles. The molecule has 0 spiro atoms. The van der Waals surface area contributed by atoms with Crippen LogP contribution in [0.15, 0.2) is 48.5 Å². The van der Waals surface area contributed by atoms with Gasteiger partial charge in [0.1, 0.15) is 12.6 Å². The average molecular weight is 424 g/mol. The molecule has 4 rings (SSSR count). The van der Waals surface area contributed by atoms with Crippen LogP contribution in [0.25, 0.3) is 11.1 Å². The van der Waals surface area contributed by atoms with Crippen molar-refractivity contribution in [2.45, 2.75) is 24.8 Å². The number of nitrogens with zero attached hydrogens (tertiary/aromatic N) is 1. The Bertz CT molecular complexity index is 958. The predicted octanol–water partition coefficient (Wildman–Crippen LogP) is 2.78. The first-order valence-corrected chi connectivity index (χ1v) is 10.2. The van der Waals surface area contributed by atoms with Crippen molar-refractivity contribution in [2.24, 2.45) is 5.92 Å². The minimum absolute atomic E-state index is 0.0103. The summed E-state index contributed by atoms with van der Waals surface area (Å²) in [6.45, 7) is -0.485. The summed E-state index contributed by atoms with van der Waals surface area (Å²) in [6.07, 6.45) is 0.915. The van der Waals surface area contributed by atoms with Crippen LogP contribution in [0.4, 0.5) is 4.79 Å². The highest BCUT2D eigenvalue weighted by molar-refractivity contribution is 5.86. The van der Waals surface area contributed by atoms with Crippen LogP contribution in [0.3, 0.4) is 0 Å². The number of hydroxylamine groups is 2. The summed E-state index contributed by atoms with van der Waals surface area (Å²) >= 11 is 0. The van der Waals surface area contributed by atoms with Gasteiger partial charge in [-0.15, -0.1) is 0 Å². The van der Waals surface area contributed by atoms with Gasteiger partial charge < -0.3 is 15.2 Å². The lowest BCUT2D eigenvalue weighted by Crippen LogP contribution is -2.49. The molecule has 1 saturated carbocycles. The van der Waals surface area contributed by atoms with Crippen LogP contribution in [0.1, 0.15) is 29.9 Å². The number of aliphatic carboxylic acids is 1. The van der Waals surface area contributed by atoms with E-state index in [9.17, 15) is 14.4 Å². The summed E-state index contributed by atoms with van der Waals surface area (Å²) in [4.78, 5) is 40.7. The van der Waals surface area contributed by atoms with Gasteiger partial charge in [0.05, 0.1) is 0 Å². The van der Waals surface area contributed by atoms with Gasteiger partial charge in [0.2, 0.25) is 0 Å². The molecule has 1 fully saturated rings. The largest absolute Gasteiger partial charge is 0.479 e. The maximum absolute atomic E-state index is 12.6. The van der Waals surface area contributed by atoms with E-state index in [-0.39, 0.29) is 18.4 Å². The van der Waals surface area contributed by atoms with E-state index in [0.29, 0.717) is 0 Å². The van der Waals surface area contributed by atoms with Crippen LogP contribution < -0.4 is 5.32 Å². The monoisotopic (exact) mass is 424 g/mol. The second-order valence-corrected chi connectivity index (χ2v) is 7.79. The van der Waals surface area contributed by atoms with E-state index >= 15 is 0 Å². The van der Waals surface area contributed by atoms with E-state index in [0.717, 1.165) is 40.2 Å².